The molecule has 1 aliphatic heterocycles. The second-order valence-electron chi connectivity index (χ2n) is 5.53. The predicted molar refractivity (Wildman–Crippen MR) is 98.2 cm³/mol. The van der Waals surface area contributed by atoms with E-state index in [4.69, 9.17) is 9.73 Å². The second kappa shape index (κ2) is 7.20. The minimum atomic E-state index is -0.313. The number of carbonyl (C=O) groups is 1. The number of carbonyl (C=O) groups excluding carboxylic acids is 1. The fraction of sp³-hybridized carbons (Fsp3) is 0.263. The van der Waals surface area contributed by atoms with Crippen LogP contribution in [0.25, 0.3) is 10.8 Å². The first-order valence-electron chi connectivity index (χ1n) is 7.89. The maximum absolute atomic E-state index is 12.5. The van der Waals surface area contributed by atoms with Gasteiger partial charge in [-0.05, 0) is 0 Å². The number of esters is 1. The Hall–Kier alpha value is -2.10. The van der Waals surface area contributed by atoms with Crippen molar-refractivity contribution in [1.82, 2.24) is 5.32 Å². The summed E-state index contributed by atoms with van der Waals surface area (Å²) < 4.78 is 6.21. The van der Waals surface area contributed by atoms with Gasteiger partial charge in [0.2, 0.25) is 0 Å². The van der Waals surface area contributed by atoms with Gasteiger partial charge in [-0.1, -0.05) is 0 Å². The standard InChI is InChI=1S/C19H20N2O2Se/c1-4-23-18(22)16-12(2)20-19(24-3)21-17(16)15-10-9-13-7-5-6-8-14(13)11-15/h5-11,17H,4H2,1-3H3,(H,20,21). The van der Waals surface area contributed by atoms with E-state index < -0.39 is 0 Å². The number of rotatable bonds is 4. The first-order valence-corrected chi connectivity index (χ1v) is 10.5. The number of nitrogens with zero attached hydrogens (tertiary/aromatic N) is 1. The van der Waals surface area contributed by atoms with Crippen LogP contribution in [0.3, 0.4) is 0 Å². The van der Waals surface area contributed by atoms with Gasteiger partial charge in [-0.15, -0.1) is 0 Å². The molecule has 1 heterocycles. The van der Waals surface area contributed by atoms with Crippen molar-refractivity contribution in [2.45, 2.75) is 25.7 Å². The number of ether oxygens (including phenoxy) is 1. The molecule has 2 aromatic carbocycles. The molecule has 3 rings (SSSR count). The Morgan fingerprint density at radius 1 is 1.25 bits per heavy atom. The fourth-order valence-corrected chi connectivity index (χ4v) is 3.82. The number of allylic oxidation sites excluding steroid dienone is 1. The van der Waals surface area contributed by atoms with Crippen molar-refractivity contribution >= 4 is 36.4 Å². The van der Waals surface area contributed by atoms with Gasteiger partial charge in [-0.3, -0.25) is 0 Å². The Kier molecular flexibility index (Phi) is 5.03. The summed E-state index contributed by atoms with van der Waals surface area (Å²) in [5.41, 5.74) is 2.44. The van der Waals surface area contributed by atoms with Crippen LogP contribution in [0.5, 0.6) is 0 Å². The summed E-state index contributed by atoms with van der Waals surface area (Å²) in [6.07, 6.45) is 0. The van der Waals surface area contributed by atoms with Crippen molar-refractivity contribution in [3.63, 3.8) is 0 Å². The molecule has 0 spiro atoms. The zero-order valence-electron chi connectivity index (χ0n) is 14.0. The third kappa shape index (κ3) is 3.23. The van der Waals surface area contributed by atoms with Crippen molar-refractivity contribution in [2.24, 2.45) is 4.99 Å². The molecule has 0 fully saturated rings. The van der Waals surface area contributed by atoms with Crippen molar-refractivity contribution in [2.75, 3.05) is 6.61 Å². The van der Waals surface area contributed by atoms with Crippen molar-refractivity contribution in [1.29, 1.82) is 0 Å². The van der Waals surface area contributed by atoms with E-state index in [1.54, 1.807) is 0 Å². The van der Waals surface area contributed by atoms with E-state index in [2.05, 4.69) is 41.5 Å². The first kappa shape index (κ1) is 16.7. The molecule has 4 nitrogen and oxygen atoms in total. The molecule has 1 unspecified atom stereocenters. The fourth-order valence-electron chi connectivity index (χ4n) is 2.84. The predicted octanol–water partition coefficient (Wildman–Crippen LogP) is 3.43. The summed E-state index contributed by atoms with van der Waals surface area (Å²) in [7, 11) is 0. The zero-order chi connectivity index (χ0) is 17.1. The molecular formula is C19H20N2O2Se. The average molecular weight is 387 g/mol. The van der Waals surface area contributed by atoms with Gasteiger partial charge in [-0.2, -0.15) is 0 Å². The SMILES string of the molecule is CCOC(=O)C1=C(C)NC([Se]C)=NC1c1ccc2ccccc2c1. The number of hydrogen-bond donors (Lipinski definition) is 1. The molecule has 0 saturated heterocycles. The van der Waals surface area contributed by atoms with Gasteiger partial charge in [0.1, 0.15) is 0 Å². The summed E-state index contributed by atoms with van der Waals surface area (Å²) in [5, 5.41) is 5.57. The normalized spacial score (nSPS) is 17.5. The maximum atomic E-state index is 12.5. The molecule has 0 amide bonds. The van der Waals surface area contributed by atoms with Gasteiger partial charge >= 0.3 is 148 Å². The number of benzene rings is 2. The molecule has 0 saturated carbocycles. The molecule has 0 bridgehead atoms. The van der Waals surface area contributed by atoms with E-state index in [0.29, 0.717) is 12.2 Å². The van der Waals surface area contributed by atoms with E-state index in [1.165, 1.54) is 5.39 Å². The molecule has 24 heavy (non-hydrogen) atoms. The molecule has 124 valence electrons. The van der Waals surface area contributed by atoms with Gasteiger partial charge < -0.3 is 0 Å². The summed E-state index contributed by atoms with van der Waals surface area (Å²) in [5.74, 6) is 1.81. The van der Waals surface area contributed by atoms with Crippen LogP contribution >= 0.6 is 0 Å². The molecule has 1 atom stereocenters. The van der Waals surface area contributed by atoms with Crippen LogP contribution in [-0.2, 0) is 9.53 Å². The number of fused-ring (bicyclic) bond motifs is 1. The number of amidine groups is 1. The second-order valence-corrected chi connectivity index (χ2v) is 7.20. The molecule has 1 aliphatic rings. The van der Waals surface area contributed by atoms with E-state index in [0.717, 1.165) is 21.4 Å². The number of nitrogens with one attached hydrogen (secondary N) is 1. The van der Waals surface area contributed by atoms with Crippen LogP contribution in [0, 0.1) is 0 Å². The Bertz CT molecular complexity index is 842. The third-order valence-corrected chi connectivity index (χ3v) is 5.24. The van der Waals surface area contributed by atoms with Gasteiger partial charge in [0.25, 0.3) is 0 Å². The van der Waals surface area contributed by atoms with E-state index in [-0.39, 0.29) is 27.0 Å². The Morgan fingerprint density at radius 3 is 2.71 bits per heavy atom. The average Bonchev–Trinajstić information content (AvgIpc) is 2.60. The van der Waals surface area contributed by atoms with E-state index in [1.807, 2.05) is 26.0 Å². The van der Waals surface area contributed by atoms with Crippen molar-refractivity contribution in [3.05, 3.63) is 59.3 Å². The molecule has 5 heteroatoms. The van der Waals surface area contributed by atoms with Crippen LogP contribution in [0.4, 0.5) is 0 Å². The van der Waals surface area contributed by atoms with Gasteiger partial charge in [0.05, 0.1) is 0 Å². The van der Waals surface area contributed by atoms with Crippen LogP contribution < -0.4 is 5.32 Å². The first-order chi connectivity index (χ1) is 11.6. The summed E-state index contributed by atoms with van der Waals surface area (Å²) >= 11 is 0.233. The third-order valence-electron chi connectivity index (χ3n) is 4.00. The van der Waals surface area contributed by atoms with Crippen molar-refractivity contribution in [3.8, 4) is 0 Å². The van der Waals surface area contributed by atoms with Crippen LogP contribution in [0.15, 0.2) is 58.7 Å². The van der Waals surface area contributed by atoms with Gasteiger partial charge in [-0.25, -0.2) is 0 Å². The molecule has 0 radical (unpaired) electrons. The number of hydrogen-bond acceptors (Lipinski definition) is 4. The Labute approximate surface area is 148 Å². The van der Waals surface area contributed by atoms with E-state index >= 15 is 0 Å². The summed E-state index contributed by atoms with van der Waals surface area (Å²) in [6, 6.07) is 14.1. The summed E-state index contributed by atoms with van der Waals surface area (Å²) in [6.45, 7) is 4.09. The number of aliphatic imine (C=N–C) groups is 1. The van der Waals surface area contributed by atoms with Gasteiger partial charge in [0, 0.05) is 0 Å². The molecule has 0 aliphatic carbocycles. The topological polar surface area (TPSA) is 50.7 Å². The Balaban J connectivity index is 2.09. The van der Waals surface area contributed by atoms with E-state index in [9.17, 15) is 4.79 Å². The monoisotopic (exact) mass is 388 g/mol. The molecule has 2 aromatic rings. The molecule has 0 aromatic heterocycles. The van der Waals surface area contributed by atoms with Crippen molar-refractivity contribution < 1.29 is 9.53 Å². The van der Waals surface area contributed by atoms with Crippen LogP contribution in [0.2, 0.25) is 5.82 Å². The molecular weight excluding hydrogens is 367 g/mol. The van der Waals surface area contributed by atoms with Crippen LogP contribution in [0.1, 0.15) is 25.5 Å². The minimum absolute atomic E-state index is 0.233. The quantitative estimate of drug-likeness (QED) is 0.646. The summed E-state index contributed by atoms with van der Waals surface area (Å²) in [4.78, 5) is 17.3. The Morgan fingerprint density at radius 2 is 2.00 bits per heavy atom. The van der Waals surface area contributed by atoms with Crippen LogP contribution in [-0.4, -0.2) is 32.3 Å². The molecule has 1 N–H and O–H groups in total. The van der Waals surface area contributed by atoms with Gasteiger partial charge in [0.15, 0.2) is 0 Å². The zero-order valence-corrected chi connectivity index (χ0v) is 15.7.